The van der Waals surface area contributed by atoms with Crippen LogP contribution in [0, 0.1) is 0 Å². The van der Waals surface area contributed by atoms with Crippen molar-refractivity contribution in [1.82, 2.24) is 0 Å². The average Bonchev–Trinajstić information content (AvgIpc) is 3.54. The van der Waals surface area contributed by atoms with Crippen molar-refractivity contribution in [3.8, 4) is 44.9 Å². The molecule has 2 nitrogen and oxygen atoms in total. The summed E-state index contributed by atoms with van der Waals surface area (Å²) in [5.41, 5.74) is 11.1. The first kappa shape index (κ1) is 31.4. The number of hydrogen-bond acceptors (Lipinski definition) is 2. The first-order valence-corrected chi connectivity index (χ1v) is 18.8. The second-order valence-electron chi connectivity index (χ2n) is 14.8. The van der Waals surface area contributed by atoms with Gasteiger partial charge in [-0.25, -0.2) is 0 Å². The third kappa shape index (κ3) is 4.75. The highest BCUT2D eigenvalue weighted by molar-refractivity contribution is 6.01. The summed E-state index contributed by atoms with van der Waals surface area (Å²) < 4.78 is 0. The van der Waals surface area contributed by atoms with Crippen molar-refractivity contribution in [2.24, 2.45) is 0 Å². The fraction of sp³-hybridized carbons (Fsp3) is 0.0189. The Balaban J connectivity index is 1.32. The maximum atomic E-state index is 10.5. The smallest absolute Gasteiger partial charge is 0.116 e. The van der Waals surface area contributed by atoms with Crippen LogP contribution in [0.1, 0.15) is 22.3 Å². The summed E-state index contributed by atoms with van der Waals surface area (Å²) in [4.78, 5) is 0. The van der Waals surface area contributed by atoms with E-state index in [1.165, 1.54) is 54.9 Å². The van der Waals surface area contributed by atoms with Crippen LogP contribution >= 0.6 is 0 Å². The van der Waals surface area contributed by atoms with Gasteiger partial charge < -0.3 is 10.2 Å². The lowest BCUT2D eigenvalue weighted by atomic mass is 9.64. The second kappa shape index (κ2) is 11.9. The van der Waals surface area contributed by atoms with Crippen LogP contribution in [-0.4, -0.2) is 10.2 Å². The highest BCUT2D eigenvalue weighted by Gasteiger charge is 2.49. The molecule has 0 heterocycles. The first-order chi connectivity index (χ1) is 27.0. The number of benzene rings is 10. The van der Waals surface area contributed by atoms with Crippen LogP contribution in [0.25, 0.3) is 76.5 Å². The minimum atomic E-state index is -0.771. The molecule has 2 N–H and O–H groups in total. The fourth-order valence-corrected chi connectivity index (χ4v) is 9.36. The Hall–Kier alpha value is -7.16. The number of rotatable bonds is 4. The van der Waals surface area contributed by atoms with E-state index in [1.807, 2.05) is 24.3 Å². The van der Waals surface area contributed by atoms with Crippen molar-refractivity contribution < 1.29 is 10.2 Å². The molecule has 0 fully saturated rings. The van der Waals surface area contributed by atoms with Crippen molar-refractivity contribution in [2.45, 2.75) is 5.41 Å². The lowest BCUT2D eigenvalue weighted by molar-refractivity contribution is 0.475. The molecule has 0 unspecified atom stereocenters. The molecule has 0 atom stereocenters. The molecule has 258 valence electrons. The molecule has 0 aromatic heterocycles. The molecular weight excluding hydrogens is 669 g/mol. The van der Waals surface area contributed by atoms with E-state index >= 15 is 0 Å². The molecule has 10 aromatic carbocycles. The molecule has 0 saturated carbocycles. The van der Waals surface area contributed by atoms with Crippen molar-refractivity contribution in [2.75, 3.05) is 0 Å². The number of phenols is 2. The van der Waals surface area contributed by atoms with Gasteiger partial charge in [-0.05, 0) is 147 Å². The Morgan fingerprint density at radius 2 is 0.636 bits per heavy atom. The van der Waals surface area contributed by atoms with Gasteiger partial charge in [-0.1, -0.05) is 146 Å². The van der Waals surface area contributed by atoms with Crippen LogP contribution in [0.5, 0.6) is 11.5 Å². The first-order valence-electron chi connectivity index (χ1n) is 18.8. The molecule has 0 radical (unpaired) electrons. The molecule has 0 amide bonds. The van der Waals surface area contributed by atoms with Crippen LogP contribution in [0.3, 0.4) is 0 Å². The van der Waals surface area contributed by atoms with Crippen LogP contribution < -0.4 is 0 Å². The average molecular weight is 703 g/mol. The van der Waals surface area contributed by atoms with Gasteiger partial charge in [0.2, 0.25) is 0 Å². The van der Waals surface area contributed by atoms with Gasteiger partial charge in [0.05, 0.1) is 5.41 Å². The molecule has 1 aliphatic carbocycles. The van der Waals surface area contributed by atoms with E-state index in [-0.39, 0.29) is 11.5 Å². The van der Waals surface area contributed by atoms with Gasteiger partial charge in [0, 0.05) is 0 Å². The summed E-state index contributed by atoms with van der Waals surface area (Å²) in [5, 5.41) is 29.9. The standard InChI is InChI=1S/C53H34O2/c54-45-25-21-37-29-43(23-19-39(37)31-45)53(44-24-20-40-32-46(55)26-22-38(40)30-44)51-47(41-17-15-33-7-1-3-9-35(33)27-41)11-5-13-49(51)50-14-6-12-48(52(50)53)42-18-16-34-8-2-4-10-36(34)28-42/h1-32,54-55H. The molecule has 0 saturated heterocycles. The van der Waals surface area contributed by atoms with Gasteiger partial charge in [-0.15, -0.1) is 0 Å². The third-order valence-electron chi connectivity index (χ3n) is 11.8. The summed E-state index contributed by atoms with van der Waals surface area (Å²) in [5.74, 6) is 0.503. The maximum Gasteiger partial charge on any atom is 0.116 e. The van der Waals surface area contributed by atoms with Crippen LogP contribution in [-0.2, 0) is 5.41 Å². The molecule has 0 spiro atoms. The summed E-state index contributed by atoms with van der Waals surface area (Å²) in [6.07, 6.45) is 0. The van der Waals surface area contributed by atoms with Crippen LogP contribution in [0.4, 0.5) is 0 Å². The molecule has 0 bridgehead atoms. The Labute approximate surface area is 318 Å². The van der Waals surface area contributed by atoms with E-state index in [2.05, 4.69) is 158 Å². The number of aromatic hydroxyl groups is 2. The Bertz CT molecular complexity index is 2970. The Kier molecular flexibility index (Phi) is 6.80. The van der Waals surface area contributed by atoms with Crippen molar-refractivity contribution in [3.63, 3.8) is 0 Å². The summed E-state index contributed by atoms with van der Waals surface area (Å²) >= 11 is 0. The molecule has 0 aliphatic heterocycles. The van der Waals surface area contributed by atoms with E-state index in [0.717, 1.165) is 43.8 Å². The Morgan fingerprint density at radius 3 is 1.11 bits per heavy atom. The van der Waals surface area contributed by atoms with E-state index in [4.69, 9.17) is 0 Å². The predicted octanol–water partition coefficient (Wildman–Crippen LogP) is 13.4. The number of fused-ring (bicyclic) bond motifs is 7. The van der Waals surface area contributed by atoms with Gasteiger partial charge in [0.1, 0.15) is 11.5 Å². The maximum absolute atomic E-state index is 10.5. The summed E-state index contributed by atoms with van der Waals surface area (Å²) in [6, 6.07) is 69.1. The number of hydrogen-bond donors (Lipinski definition) is 2. The van der Waals surface area contributed by atoms with Crippen LogP contribution in [0.2, 0.25) is 0 Å². The zero-order valence-electron chi connectivity index (χ0n) is 29.9. The van der Waals surface area contributed by atoms with Gasteiger partial charge in [0.15, 0.2) is 0 Å². The lowest BCUT2D eigenvalue weighted by Gasteiger charge is -2.37. The molecular formula is C53H34O2. The Morgan fingerprint density at radius 1 is 0.273 bits per heavy atom. The second-order valence-corrected chi connectivity index (χ2v) is 14.8. The molecule has 10 aromatic rings. The van der Waals surface area contributed by atoms with Crippen molar-refractivity contribution >= 4 is 43.1 Å². The monoisotopic (exact) mass is 702 g/mol. The SMILES string of the molecule is Oc1ccc2cc(C3(c4ccc5cc(O)ccc5c4)c4c(-c5ccc6ccccc6c5)cccc4-c4cccc(-c5ccc6ccccc6c5)c43)ccc2c1. The highest BCUT2D eigenvalue weighted by Crippen LogP contribution is 2.61. The van der Waals surface area contributed by atoms with Crippen LogP contribution in [0.15, 0.2) is 194 Å². The quantitative estimate of drug-likeness (QED) is 0.192. The van der Waals surface area contributed by atoms with Gasteiger partial charge in [0.25, 0.3) is 0 Å². The van der Waals surface area contributed by atoms with Gasteiger partial charge in [-0.3, -0.25) is 0 Å². The minimum absolute atomic E-state index is 0.251. The zero-order valence-corrected chi connectivity index (χ0v) is 29.9. The van der Waals surface area contributed by atoms with E-state index in [0.29, 0.717) is 0 Å². The summed E-state index contributed by atoms with van der Waals surface area (Å²) in [6.45, 7) is 0. The lowest BCUT2D eigenvalue weighted by Crippen LogP contribution is -2.30. The van der Waals surface area contributed by atoms with Crippen molar-refractivity contribution in [3.05, 3.63) is 216 Å². The topological polar surface area (TPSA) is 40.5 Å². The number of phenolic OH excluding ortho intramolecular Hbond substituents is 2. The summed E-state index contributed by atoms with van der Waals surface area (Å²) in [7, 11) is 0. The molecule has 55 heavy (non-hydrogen) atoms. The fourth-order valence-electron chi connectivity index (χ4n) is 9.36. The van der Waals surface area contributed by atoms with E-state index < -0.39 is 5.41 Å². The molecule has 11 rings (SSSR count). The largest absolute Gasteiger partial charge is 0.508 e. The van der Waals surface area contributed by atoms with E-state index in [1.54, 1.807) is 12.1 Å². The normalized spacial score (nSPS) is 13.0. The molecule has 1 aliphatic rings. The highest BCUT2D eigenvalue weighted by atomic mass is 16.3. The van der Waals surface area contributed by atoms with Gasteiger partial charge in [-0.2, -0.15) is 0 Å². The van der Waals surface area contributed by atoms with Gasteiger partial charge >= 0.3 is 0 Å². The van der Waals surface area contributed by atoms with Crippen molar-refractivity contribution in [1.29, 1.82) is 0 Å². The zero-order chi connectivity index (χ0) is 36.7. The molecule has 2 heteroatoms. The third-order valence-corrected chi connectivity index (χ3v) is 11.8. The minimum Gasteiger partial charge on any atom is -0.508 e. The predicted molar refractivity (Wildman–Crippen MR) is 228 cm³/mol. The van der Waals surface area contributed by atoms with E-state index in [9.17, 15) is 10.2 Å².